The van der Waals surface area contributed by atoms with Gasteiger partial charge in [0.1, 0.15) is 5.82 Å². The summed E-state index contributed by atoms with van der Waals surface area (Å²) in [6.07, 6.45) is 1.89. The van der Waals surface area contributed by atoms with Gasteiger partial charge < -0.3 is 10.6 Å². The Bertz CT molecular complexity index is 437. The number of aromatic nitrogens is 1. The van der Waals surface area contributed by atoms with Gasteiger partial charge >= 0.3 is 0 Å². The second-order valence-electron chi connectivity index (χ2n) is 3.92. The van der Waals surface area contributed by atoms with E-state index in [1.165, 1.54) is 11.1 Å². The van der Waals surface area contributed by atoms with Gasteiger partial charge in [-0.25, -0.2) is 4.98 Å². The molecule has 2 N–H and O–H groups in total. The maximum atomic E-state index is 4.36. The monoisotopic (exact) mass is 227 g/mol. The van der Waals surface area contributed by atoms with Crippen LogP contribution in [0.25, 0.3) is 0 Å². The molecule has 0 aliphatic carbocycles. The van der Waals surface area contributed by atoms with E-state index in [2.05, 4.69) is 33.8 Å². The van der Waals surface area contributed by atoms with E-state index in [0.29, 0.717) is 0 Å². The molecule has 0 unspecified atom stereocenters. The Hall–Kier alpha value is -1.87. The van der Waals surface area contributed by atoms with Crippen LogP contribution in [0.4, 0.5) is 5.82 Å². The van der Waals surface area contributed by atoms with E-state index in [1.807, 2.05) is 37.5 Å². The Morgan fingerprint density at radius 2 is 1.76 bits per heavy atom. The molecule has 1 heterocycles. The molecule has 0 saturated heterocycles. The number of hydrogen-bond acceptors (Lipinski definition) is 3. The zero-order valence-corrected chi connectivity index (χ0v) is 9.98. The Kier molecular flexibility index (Phi) is 4.11. The maximum absolute atomic E-state index is 4.36. The molecular formula is C14H17N3. The smallest absolute Gasteiger partial charge is 0.126 e. The topological polar surface area (TPSA) is 37.0 Å². The van der Waals surface area contributed by atoms with E-state index in [4.69, 9.17) is 0 Å². The number of nitrogens with one attached hydrogen (secondary N) is 2. The summed E-state index contributed by atoms with van der Waals surface area (Å²) in [5.41, 5.74) is 2.45. The highest BCUT2D eigenvalue weighted by Gasteiger charge is 1.95. The highest BCUT2D eigenvalue weighted by molar-refractivity contribution is 5.36. The van der Waals surface area contributed by atoms with Gasteiger partial charge in [-0.2, -0.15) is 0 Å². The molecule has 1 aromatic carbocycles. The van der Waals surface area contributed by atoms with Crippen LogP contribution in [-0.2, 0) is 13.1 Å². The third kappa shape index (κ3) is 3.57. The largest absolute Gasteiger partial charge is 0.366 e. The first-order chi connectivity index (χ1) is 8.38. The molecule has 0 fully saturated rings. The summed E-state index contributed by atoms with van der Waals surface area (Å²) < 4.78 is 0. The zero-order valence-electron chi connectivity index (χ0n) is 9.98. The molecular weight excluding hydrogens is 210 g/mol. The SMILES string of the molecule is CNCc1ccc(NCc2ccccc2)nc1. The lowest BCUT2D eigenvalue weighted by Gasteiger charge is -2.06. The Labute approximate surface area is 102 Å². The highest BCUT2D eigenvalue weighted by atomic mass is 15.0. The second-order valence-corrected chi connectivity index (χ2v) is 3.92. The molecule has 0 bridgehead atoms. The maximum Gasteiger partial charge on any atom is 0.126 e. The molecule has 0 spiro atoms. The molecule has 0 radical (unpaired) electrons. The lowest BCUT2D eigenvalue weighted by Crippen LogP contribution is -2.06. The van der Waals surface area contributed by atoms with E-state index in [1.54, 1.807) is 0 Å². The predicted octanol–water partition coefficient (Wildman–Crippen LogP) is 2.41. The van der Waals surface area contributed by atoms with Crippen molar-refractivity contribution in [2.45, 2.75) is 13.1 Å². The number of rotatable bonds is 5. The molecule has 0 atom stereocenters. The lowest BCUT2D eigenvalue weighted by molar-refractivity contribution is 0.813. The third-order valence-corrected chi connectivity index (χ3v) is 2.52. The van der Waals surface area contributed by atoms with Crippen LogP contribution in [0.5, 0.6) is 0 Å². The van der Waals surface area contributed by atoms with Crippen molar-refractivity contribution in [1.82, 2.24) is 10.3 Å². The lowest BCUT2D eigenvalue weighted by atomic mass is 10.2. The first-order valence-corrected chi connectivity index (χ1v) is 5.76. The van der Waals surface area contributed by atoms with Crippen molar-refractivity contribution in [1.29, 1.82) is 0 Å². The summed E-state index contributed by atoms with van der Waals surface area (Å²) in [4.78, 5) is 4.36. The fourth-order valence-corrected chi connectivity index (χ4v) is 1.63. The quantitative estimate of drug-likeness (QED) is 0.823. The van der Waals surface area contributed by atoms with Gasteiger partial charge in [0.15, 0.2) is 0 Å². The number of nitrogens with zero attached hydrogens (tertiary/aromatic N) is 1. The summed E-state index contributed by atoms with van der Waals surface area (Å²) in [6.45, 7) is 1.66. The van der Waals surface area contributed by atoms with Crippen LogP contribution in [0.2, 0.25) is 0 Å². The van der Waals surface area contributed by atoms with E-state index >= 15 is 0 Å². The van der Waals surface area contributed by atoms with E-state index in [-0.39, 0.29) is 0 Å². The van der Waals surface area contributed by atoms with Gasteiger partial charge in [-0.15, -0.1) is 0 Å². The van der Waals surface area contributed by atoms with Crippen molar-refractivity contribution in [3.63, 3.8) is 0 Å². The van der Waals surface area contributed by atoms with E-state index in [9.17, 15) is 0 Å². The van der Waals surface area contributed by atoms with Crippen LogP contribution in [0.15, 0.2) is 48.7 Å². The van der Waals surface area contributed by atoms with Gasteiger partial charge in [-0.05, 0) is 24.2 Å². The van der Waals surface area contributed by atoms with Gasteiger partial charge in [0, 0.05) is 19.3 Å². The first-order valence-electron chi connectivity index (χ1n) is 5.76. The Morgan fingerprint density at radius 1 is 0.941 bits per heavy atom. The second kappa shape index (κ2) is 6.01. The van der Waals surface area contributed by atoms with Gasteiger partial charge in [0.05, 0.1) is 0 Å². The number of pyridine rings is 1. The highest BCUT2D eigenvalue weighted by Crippen LogP contribution is 2.07. The fourth-order valence-electron chi connectivity index (χ4n) is 1.63. The average Bonchev–Trinajstić information content (AvgIpc) is 2.40. The van der Waals surface area contributed by atoms with Gasteiger partial charge in [0.25, 0.3) is 0 Å². The Morgan fingerprint density at radius 3 is 2.41 bits per heavy atom. The first kappa shape index (κ1) is 11.6. The molecule has 0 saturated carbocycles. The van der Waals surface area contributed by atoms with E-state index < -0.39 is 0 Å². The van der Waals surface area contributed by atoms with E-state index in [0.717, 1.165) is 18.9 Å². The van der Waals surface area contributed by atoms with Crippen molar-refractivity contribution in [2.75, 3.05) is 12.4 Å². The summed E-state index contributed by atoms with van der Waals surface area (Å²) in [5, 5.41) is 6.40. The van der Waals surface area contributed by atoms with Crippen molar-refractivity contribution in [2.24, 2.45) is 0 Å². The molecule has 3 heteroatoms. The van der Waals surface area contributed by atoms with Crippen molar-refractivity contribution in [3.05, 3.63) is 59.8 Å². The Balaban J connectivity index is 1.91. The molecule has 88 valence electrons. The summed E-state index contributed by atoms with van der Waals surface area (Å²) in [7, 11) is 1.93. The van der Waals surface area contributed by atoms with Gasteiger partial charge in [-0.3, -0.25) is 0 Å². The molecule has 2 aromatic rings. The number of hydrogen-bond donors (Lipinski definition) is 2. The third-order valence-electron chi connectivity index (χ3n) is 2.52. The molecule has 0 amide bonds. The van der Waals surface area contributed by atoms with Crippen LogP contribution in [-0.4, -0.2) is 12.0 Å². The normalized spacial score (nSPS) is 10.2. The van der Waals surface area contributed by atoms with Gasteiger partial charge in [0.2, 0.25) is 0 Å². The average molecular weight is 227 g/mol. The summed E-state index contributed by atoms with van der Waals surface area (Å²) in [5.74, 6) is 0.911. The minimum Gasteiger partial charge on any atom is -0.366 e. The van der Waals surface area contributed by atoms with Gasteiger partial charge in [-0.1, -0.05) is 36.4 Å². The van der Waals surface area contributed by atoms with Crippen LogP contribution in [0, 0.1) is 0 Å². The van der Waals surface area contributed by atoms with Crippen LogP contribution < -0.4 is 10.6 Å². The minimum atomic E-state index is 0.805. The molecule has 1 aromatic heterocycles. The fraction of sp³-hybridized carbons (Fsp3) is 0.214. The summed E-state index contributed by atoms with van der Waals surface area (Å²) in [6, 6.07) is 14.4. The number of anilines is 1. The molecule has 2 rings (SSSR count). The van der Waals surface area contributed by atoms with Crippen molar-refractivity contribution >= 4 is 5.82 Å². The standard InChI is InChI=1S/C14H17N3/c1-15-9-13-7-8-14(17-11-13)16-10-12-5-3-2-4-6-12/h2-8,11,15H,9-10H2,1H3,(H,16,17). The summed E-state index contributed by atoms with van der Waals surface area (Å²) >= 11 is 0. The van der Waals surface area contributed by atoms with Crippen LogP contribution >= 0.6 is 0 Å². The van der Waals surface area contributed by atoms with Crippen molar-refractivity contribution < 1.29 is 0 Å². The predicted molar refractivity (Wildman–Crippen MR) is 70.8 cm³/mol. The van der Waals surface area contributed by atoms with Crippen LogP contribution in [0.1, 0.15) is 11.1 Å². The van der Waals surface area contributed by atoms with Crippen LogP contribution in [0.3, 0.4) is 0 Å². The molecule has 0 aliphatic heterocycles. The molecule has 17 heavy (non-hydrogen) atoms. The zero-order chi connectivity index (χ0) is 11.9. The molecule has 0 aliphatic rings. The van der Waals surface area contributed by atoms with Crippen molar-refractivity contribution in [3.8, 4) is 0 Å². The minimum absolute atomic E-state index is 0.805. The number of benzene rings is 1. The molecule has 3 nitrogen and oxygen atoms in total.